The molecule has 0 aliphatic rings. The van der Waals surface area contributed by atoms with E-state index in [2.05, 4.69) is 29.0 Å². The van der Waals surface area contributed by atoms with Crippen molar-refractivity contribution in [1.29, 1.82) is 0 Å². The van der Waals surface area contributed by atoms with Crippen LogP contribution in [0, 0.1) is 23.7 Å². The maximum atomic E-state index is 11.9. The molecule has 3 N–H and O–H groups in total. The fourth-order valence-corrected chi connectivity index (χ4v) is 4.18. The average molecular weight is 631 g/mol. The summed E-state index contributed by atoms with van der Waals surface area (Å²) in [6, 6.07) is 31.3. The van der Waals surface area contributed by atoms with Gasteiger partial charge in [-0.05, 0) is 132 Å². The van der Waals surface area contributed by atoms with Gasteiger partial charge in [0.1, 0.15) is 17.1 Å². The Bertz CT molecular complexity index is 1660. The van der Waals surface area contributed by atoms with E-state index in [-0.39, 0.29) is 12.1 Å². The smallest absolute Gasteiger partial charge is 0.408 e. The van der Waals surface area contributed by atoms with E-state index >= 15 is 0 Å². The molecule has 6 heteroatoms. The zero-order chi connectivity index (χ0) is 34.2. The summed E-state index contributed by atoms with van der Waals surface area (Å²) in [5, 5.41) is 2.84. The lowest BCUT2D eigenvalue weighted by atomic mass is 10.1. The average Bonchev–Trinajstić information content (AvgIpc) is 3.04. The molecule has 0 bridgehead atoms. The summed E-state index contributed by atoms with van der Waals surface area (Å²) in [4.78, 5) is 11.9. The fraction of sp³-hybridized carbons (Fsp3) is 0.293. The van der Waals surface area contributed by atoms with E-state index in [9.17, 15) is 4.79 Å². The van der Waals surface area contributed by atoms with Gasteiger partial charge in [-0.25, -0.2) is 4.79 Å². The molecule has 1 amide bonds. The van der Waals surface area contributed by atoms with Crippen molar-refractivity contribution in [3.63, 3.8) is 0 Å². The van der Waals surface area contributed by atoms with Gasteiger partial charge in [-0.1, -0.05) is 47.9 Å². The molecule has 0 aliphatic heterocycles. The van der Waals surface area contributed by atoms with E-state index in [1.165, 1.54) is 0 Å². The van der Waals surface area contributed by atoms with Crippen LogP contribution in [0.2, 0.25) is 0 Å². The van der Waals surface area contributed by atoms with Crippen LogP contribution in [0.15, 0.2) is 97.1 Å². The van der Waals surface area contributed by atoms with Gasteiger partial charge in [0.15, 0.2) is 0 Å². The topological polar surface area (TPSA) is 82.8 Å². The second-order valence-electron chi connectivity index (χ2n) is 11.8. The van der Waals surface area contributed by atoms with Gasteiger partial charge in [-0.2, -0.15) is 0 Å². The first-order valence-corrected chi connectivity index (χ1v) is 15.9. The largest absolute Gasteiger partial charge is 0.494 e. The van der Waals surface area contributed by atoms with E-state index < -0.39 is 11.7 Å². The van der Waals surface area contributed by atoms with Crippen molar-refractivity contribution in [3.05, 3.63) is 130 Å². The van der Waals surface area contributed by atoms with Crippen LogP contribution in [0.5, 0.6) is 11.5 Å². The predicted octanol–water partition coefficient (Wildman–Crippen LogP) is 8.58. The minimum atomic E-state index is -0.510. The van der Waals surface area contributed by atoms with Crippen LogP contribution in [0.4, 0.5) is 4.79 Å². The number of alkyl carbamates (subject to hydrolysis) is 1. The number of rotatable bonds is 7. The number of carbonyl (C=O) groups excluding carboxylic acids is 1. The van der Waals surface area contributed by atoms with Crippen molar-refractivity contribution >= 4 is 6.09 Å². The van der Waals surface area contributed by atoms with E-state index in [4.69, 9.17) is 19.9 Å². The molecule has 0 fully saturated rings. The van der Waals surface area contributed by atoms with Crippen LogP contribution < -0.4 is 20.5 Å². The molecule has 244 valence electrons. The summed E-state index contributed by atoms with van der Waals surface area (Å²) in [6.07, 6.45) is -0.422. The molecule has 4 aromatic carbocycles. The molecule has 47 heavy (non-hydrogen) atoms. The van der Waals surface area contributed by atoms with E-state index in [1.807, 2.05) is 146 Å². The van der Waals surface area contributed by atoms with Crippen LogP contribution in [-0.4, -0.2) is 24.9 Å². The Hall–Kier alpha value is -5.17. The van der Waals surface area contributed by atoms with Crippen molar-refractivity contribution in [1.82, 2.24) is 5.32 Å². The third kappa shape index (κ3) is 13.4. The zero-order valence-electron chi connectivity index (χ0n) is 28.5. The van der Waals surface area contributed by atoms with Gasteiger partial charge in [0.25, 0.3) is 0 Å². The fourth-order valence-electron chi connectivity index (χ4n) is 4.18. The molecule has 0 saturated heterocycles. The lowest BCUT2D eigenvalue weighted by molar-refractivity contribution is 0.0508. The molecular weight excluding hydrogens is 584 g/mol. The maximum Gasteiger partial charge on any atom is 0.408 e. The second kappa shape index (κ2) is 18.1. The van der Waals surface area contributed by atoms with Gasteiger partial charge in [-0.15, -0.1) is 0 Å². The summed E-state index contributed by atoms with van der Waals surface area (Å²) in [5.41, 5.74) is 11.2. The number of nitrogens with two attached hydrogens (primary N) is 1. The van der Waals surface area contributed by atoms with Crippen molar-refractivity contribution < 1.29 is 19.0 Å². The Morgan fingerprint density at radius 1 is 0.638 bits per heavy atom. The number of carbonyl (C=O) groups is 1. The SMILES string of the molecule is CCOc1ccc(C#Cc2ccc(C(C)N)cc2)cc1.CCOc1ccc(C#Cc2ccc(C(C)NC(=O)OC(C)(C)C)cc2)cc1. The molecule has 4 rings (SSSR count). The van der Waals surface area contributed by atoms with Crippen molar-refractivity contribution in [3.8, 4) is 35.2 Å². The first-order chi connectivity index (χ1) is 22.5. The van der Waals surface area contributed by atoms with E-state index in [0.29, 0.717) is 13.2 Å². The van der Waals surface area contributed by atoms with Crippen molar-refractivity contribution in [2.75, 3.05) is 13.2 Å². The molecule has 0 spiro atoms. The Labute approximate surface area is 280 Å². The molecule has 0 heterocycles. The standard InChI is InChI=1S/C23H27NO3.C18H19NO/c1-6-26-21-15-11-19(12-16-21)8-7-18-9-13-20(14-10-18)17(2)24-22(25)27-23(3,4)5;1-3-20-18-12-8-16(9-13-18)5-4-15-6-10-17(11-7-15)14(2)19/h9-17H,6H2,1-5H3,(H,24,25);6-14H,3,19H2,1-2H3. The molecule has 0 saturated carbocycles. The summed E-state index contributed by atoms with van der Waals surface area (Å²) < 4.78 is 16.1. The first-order valence-electron chi connectivity index (χ1n) is 15.9. The highest BCUT2D eigenvalue weighted by Gasteiger charge is 2.18. The van der Waals surface area contributed by atoms with Crippen LogP contribution in [0.25, 0.3) is 0 Å². The van der Waals surface area contributed by atoms with Crippen LogP contribution in [0.3, 0.4) is 0 Å². The van der Waals surface area contributed by atoms with Gasteiger partial charge in [0.05, 0.1) is 19.3 Å². The normalized spacial score (nSPS) is 11.6. The molecule has 0 aliphatic carbocycles. The number of hydrogen-bond donors (Lipinski definition) is 2. The number of hydrogen-bond acceptors (Lipinski definition) is 5. The molecule has 2 atom stereocenters. The third-order valence-electron chi connectivity index (χ3n) is 6.61. The lowest BCUT2D eigenvalue weighted by Gasteiger charge is -2.22. The van der Waals surface area contributed by atoms with Crippen LogP contribution in [0.1, 0.15) is 93.9 Å². The molecule has 2 unspecified atom stereocenters. The zero-order valence-corrected chi connectivity index (χ0v) is 28.5. The highest BCUT2D eigenvalue weighted by atomic mass is 16.6. The van der Waals surface area contributed by atoms with Gasteiger partial charge < -0.3 is 25.3 Å². The summed E-state index contributed by atoms with van der Waals surface area (Å²) in [5.74, 6) is 14.3. The van der Waals surface area contributed by atoms with E-state index in [0.717, 1.165) is 44.9 Å². The van der Waals surface area contributed by atoms with Gasteiger partial charge in [0, 0.05) is 28.3 Å². The number of benzene rings is 4. The highest BCUT2D eigenvalue weighted by Crippen LogP contribution is 2.16. The lowest BCUT2D eigenvalue weighted by Crippen LogP contribution is -2.34. The van der Waals surface area contributed by atoms with Crippen molar-refractivity contribution in [2.45, 2.75) is 66.2 Å². The van der Waals surface area contributed by atoms with Gasteiger partial charge >= 0.3 is 6.09 Å². The molecule has 0 aromatic heterocycles. The molecule has 6 nitrogen and oxygen atoms in total. The summed E-state index contributed by atoms with van der Waals surface area (Å²) in [6.45, 7) is 14.7. The quantitative estimate of drug-likeness (QED) is 0.200. The van der Waals surface area contributed by atoms with Crippen LogP contribution in [-0.2, 0) is 4.74 Å². The summed E-state index contributed by atoms with van der Waals surface area (Å²) >= 11 is 0. The Balaban J connectivity index is 0.000000267. The first kappa shape index (κ1) is 36.3. The Kier molecular flexibility index (Phi) is 14.0. The predicted molar refractivity (Wildman–Crippen MR) is 190 cm³/mol. The second-order valence-corrected chi connectivity index (χ2v) is 11.8. The van der Waals surface area contributed by atoms with Crippen molar-refractivity contribution in [2.24, 2.45) is 5.73 Å². The number of nitrogens with one attached hydrogen (secondary N) is 1. The maximum absolute atomic E-state index is 11.9. The number of amides is 1. The Morgan fingerprint density at radius 2 is 0.979 bits per heavy atom. The Morgan fingerprint density at radius 3 is 1.30 bits per heavy atom. The third-order valence-corrected chi connectivity index (χ3v) is 6.61. The van der Waals surface area contributed by atoms with E-state index in [1.54, 1.807) is 0 Å². The monoisotopic (exact) mass is 630 g/mol. The van der Waals surface area contributed by atoms with Gasteiger partial charge in [-0.3, -0.25) is 0 Å². The molecule has 4 aromatic rings. The molecule has 0 radical (unpaired) electrons. The minimum Gasteiger partial charge on any atom is -0.494 e. The minimum absolute atomic E-state index is 0.0584. The summed E-state index contributed by atoms with van der Waals surface area (Å²) in [7, 11) is 0. The van der Waals surface area contributed by atoms with Gasteiger partial charge in [0.2, 0.25) is 0 Å². The molecular formula is C41H46N2O4. The highest BCUT2D eigenvalue weighted by molar-refractivity contribution is 5.68. The van der Waals surface area contributed by atoms with Crippen LogP contribution >= 0.6 is 0 Å². The number of ether oxygens (including phenoxy) is 3.